The van der Waals surface area contributed by atoms with Crippen LogP contribution in [0.2, 0.25) is 0 Å². The molecule has 0 fully saturated rings. The summed E-state index contributed by atoms with van der Waals surface area (Å²) in [5, 5.41) is 0. The molecule has 0 aromatic rings. The van der Waals surface area contributed by atoms with Crippen molar-refractivity contribution >= 4 is 0 Å². The molecule has 0 aliphatic heterocycles. The highest BCUT2D eigenvalue weighted by Gasteiger charge is 2.04. The molecule has 0 aliphatic rings. The largest absolute Gasteiger partial charge is 0.303 e. The molecule has 0 aromatic heterocycles. The number of hydrogen-bond acceptors (Lipinski definition) is 1. The van der Waals surface area contributed by atoms with Crippen LogP contribution in [0.1, 0.15) is 97.8 Å². The lowest BCUT2D eigenvalue weighted by Crippen LogP contribution is -2.27. The molecule has 0 aliphatic carbocycles. The fraction of sp³-hybridized carbons (Fsp3) is 1.00. The summed E-state index contributed by atoms with van der Waals surface area (Å²) in [6, 6.07) is 0. The summed E-state index contributed by atoms with van der Waals surface area (Å²) in [4.78, 5) is 2.73. The summed E-state index contributed by atoms with van der Waals surface area (Å²) < 4.78 is 0. The van der Waals surface area contributed by atoms with Gasteiger partial charge >= 0.3 is 0 Å². The summed E-state index contributed by atoms with van der Waals surface area (Å²) in [7, 11) is 0. The molecule has 0 bridgehead atoms. The Balaban J connectivity index is 3.63. The van der Waals surface area contributed by atoms with E-state index in [2.05, 4.69) is 25.7 Å². The van der Waals surface area contributed by atoms with Gasteiger partial charge in [0.25, 0.3) is 0 Å². The third kappa shape index (κ3) is 14.2. The third-order valence-electron chi connectivity index (χ3n) is 3.98. The summed E-state index contributed by atoms with van der Waals surface area (Å²) in [5.41, 5.74) is 0. The van der Waals surface area contributed by atoms with Crippen LogP contribution in [-0.4, -0.2) is 24.5 Å². The molecule has 0 saturated carbocycles. The molecule has 1 heteroatoms. The highest BCUT2D eigenvalue weighted by atomic mass is 15.1. The molecule has 0 heterocycles. The van der Waals surface area contributed by atoms with Gasteiger partial charge in [0.2, 0.25) is 0 Å². The van der Waals surface area contributed by atoms with E-state index in [1.807, 2.05) is 0 Å². The summed E-state index contributed by atoms with van der Waals surface area (Å²) >= 11 is 0. The molecule has 0 atom stereocenters. The Morgan fingerprint density at radius 2 is 0.737 bits per heavy atom. The molecular weight excluding hydrogens is 230 g/mol. The van der Waals surface area contributed by atoms with E-state index in [0.717, 1.165) is 0 Å². The van der Waals surface area contributed by atoms with E-state index in [4.69, 9.17) is 0 Å². The molecular formula is C18H39N. The number of unbranched alkanes of at least 4 members (excludes halogenated alkanes) is 9. The average molecular weight is 270 g/mol. The summed E-state index contributed by atoms with van der Waals surface area (Å²) in [6.07, 6.45) is 16.8. The highest BCUT2D eigenvalue weighted by Crippen LogP contribution is 2.08. The minimum Gasteiger partial charge on any atom is -0.303 e. The van der Waals surface area contributed by atoms with E-state index in [0.29, 0.717) is 0 Å². The highest BCUT2D eigenvalue weighted by molar-refractivity contribution is 4.59. The second kappa shape index (κ2) is 16.0. The topological polar surface area (TPSA) is 3.24 Å². The Morgan fingerprint density at radius 3 is 1.21 bits per heavy atom. The summed E-state index contributed by atoms with van der Waals surface area (Å²) in [5.74, 6) is 0. The number of nitrogens with zero attached hydrogens (tertiary/aromatic N) is 1. The Bertz CT molecular complexity index is 156. The fourth-order valence-corrected chi connectivity index (χ4v) is 2.62. The van der Waals surface area contributed by atoms with E-state index in [-0.39, 0.29) is 0 Å². The van der Waals surface area contributed by atoms with Gasteiger partial charge in [-0.3, -0.25) is 0 Å². The normalized spacial score (nSPS) is 11.4. The zero-order valence-corrected chi connectivity index (χ0v) is 14.1. The van der Waals surface area contributed by atoms with Crippen molar-refractivity contribution in [3.8, 4) is 0 Å². The fourth-order valence-electron chi connectivity index (χ4n) is 2.62. The molecule has 0 aromatic carbocycles. The van der Waals surface area contributed by atoms with Crippen molar-refractivity contribution in [1.29, 1.82) is 0 Å². The first-order chi connectivity index (χ1) is 9.35. The van der Waals surface area contributed by atoms with Crippen molar-refractivity contribution < 1.29 is 0 Å². The maximum Gasteiger partial charge on any atom is -0.00187 e. The van der Waals surface area contributed by atoms with Gasteiger partial charge in [0.05, 0.1) is 0 Å². The monoisotopic (exact) mass is 269 g/mol. The van der Waals surface area contributed by atoms with Crippen LogP contribution in [0.15, 0.2) is 0 Å². The summed E-state index contributed by atoms with van der Waals surface area (Å²) in [6.45, 7) is 10.9. The van der Waals surface area contributed by atoms with Crippen molar-refractivity contribution in [2.45, 2.75) is 97.8 Å². The lowest BCUT2D eigenvalue weighted by atomic mass is 10.1. The van der Waals surface area contributed by atoms with Gasteiger partial charge in [-0.2, -0.15) is 0 Å². The standard InChI is InChI=1S/C18H39N/c1-4-7-10-12-15-18-19(16-13-9-6-3)17-14-11-8-5-2/h4-18H2,1-3H3. The van der Waals surface area contributed by atoms with Crippen LogP contribution in [0, 0.1) is 0 Å². The predicted molar refractivity (Wildman–Crippen MR) is 88.9 cm³/mol. The third-order valence-corrected chi connectivity index (χ3v) is 3.98. The first kappa shape index (κ1) is 19.0. The molecule has 116 valence electrons. The van der Waals surface area contributed by atoms with Crippen LogP contribution in [0.5, 0.6) is 0 Å². The molecule has 0 N–H and O–H groups in total. The SMILES string of the molecule is CCCCCCCN(CCCCC)CCCCCC. The lowest BCUT2D eigenvalue weighted by Gasteiger charge is -2.22. The van der Waals surface area contributed by atoms with Crippen molar-refractivity contribution in [3.63, 3.8) is 0 Å². The van der Waals surface area contributed by atoms with Gasteiger partial charge in [0.1, 0.15) is 0 Å². The Labute approximate surface area is 123 Å². The Morgan fingerprint density at radius 1 is 0.421 bits per heavy atom. The second-order valence-corrected chi connectivity index (χ2v) is 6.02. The van der Waals surface area contributed by atoms with Crippen molar-refractivity contribution in [1.82, 2.24) is 4.90 Å². The predicted octanol–water partition coefficient (Wildman–Crippen LogP) is 6.03. The van der Waals surface area contributed by atoms with Gasteiger partial charge in [-0.05, 0) is 38.9 Å². The van der Waals surface area contributed by atoms with E-state index < -0.39 is 0 Å². The molecule has 19 heavy (non-hydrogen) atoms. The molecule has 0 radical (unpaired) electrons. The van der Waals surface area contributed by atoms with E-state index in [9.17, 15) is 0 Å². The molecule has 0 amide bonds. The van der Waals surface area contributed by atoms with Crippen LogP contribution >= 0.6 is 0 Å². The molecule has 0 spiro atoms. The minimum atomic E-state index is 1.34. The molecule has 0 unspecified atom stereocenters. The van der Waals surface area contributed by atoms with Crippen molar-refractivity contribution in [3.05, 3.63) is 0 Å². The van der Waals surface area contributed by atoms with Gasteiger partial charge in [-0.25, -0.2) is 0 Å². The first-order valence-corrected chi connectivity index (χ1v) is 9.07. The van der Waals surface area contributed by atoms with Crippen molar-refractivity contribution in [2.24, 2.45) is 0 Å². The van der Waals surface area contributed by atoms with Crippen LogP contribution in [0.25, 0.3) is 0 Å². The number of rotatable bonds is 15. The average Bonchev–Trinajstić information content (AvgIpc) is 2.42. The van der Waals surface area contributed by atoms with Crippen LogP contribution < -0.4 is 0 Å². The Hall–Kier alpha value is -0.0400. The number of hydrogen-bond donors (Lipinski definition) is 0. The van der Waals surface area contributed by atoms with Gasteiger partial charge in [-0.15, -0.1) is 0 Å². The van der Waals surface area contributed by atoms with Crippen LogP contribution in [0.3, 0.4) is 0 Å². The van der Waals surface area contributed by atoms with Crippen LogP contribution in [-0.2, 0) is 0 Å². The Kier molecular flexibility index (Phi) is 16.0. The van der Waals surface area contributed by atoms with Gasteiger partial charge in [-0.1, -0.05) is 78.6 Å². The zero-order chi connectivity index (χ0) is 14.2. The quantitative estimate of drug-likeness (QED) is 0.328. The zero-order valence-electron chi connectivity index (χ0n) is 14.1. The lowest BCUT2D eigenvalue weighted by molar-refractivity contribution is 0.255. The van der Waals surface area contributed by atoms with Crippen LogP contribution in [0.4, 0.5) is 0 Å². The first-order valence-electron chi connectivity index (χ1n) is 9.07. The maximum atomic E-state index is 2.73. The molecule has 0 saturated heterocycles. The van der Waals surface area contributed by atoms with Gasteiger partial charge < -0.3 is 4.90 Å². The maximum absolute atomic E-state index is 2.73. The van der Waals surface area contributed by atoms with E-state index in [1.54, 1.807) is 0 Å². The van der Waals surface area contributed by atoms with Crippen molar-refractivity contribution in [2.75, 3.05) is 19.6 Å². The minimum absolute atomic E-state index is 1.34. The second-order valence-electron chi connectivity index (χ2n) is 6.02. The molecule has 1 nitrogen and oxygen atoms in total. The van der Waals surface area contributed by atoms with E-state index >= 15 is 0 Å². The molecule has 0 rings (SSSR count). The van der Waals surface area contributed by atoms with E-state index in [1.165, 1.54) is 96.7 Å². The van der Waals surface area contributed by atoms with Gasteiger partial charge in [0, 0.05) is 0 Å². The van der Waals surface area contributed by atoms with Gasteiger partial charge in [0.15, 0.2) is 0 Å². The smallest absolute Gasteiger partial charge is 0.00187 e.